The van der Waals surface area contributed by atoms with Crippen LogP contribution in [0.5, 0.6) is 0 Å². The molecule has 0 aliphatic heterocycles. The van der Waals surface area contributed by atoms with Crippen LogP contribution in [-0.2, 0) is 5.88 Å². The molecule has 0 N–H and O–H groups in total. The van der Waals surface area contributed by atoms with Gasteiger partial charge in [0.2, 0.25) is 0 Å². The van der Waals surface area contributed by atoms with Crippen LogP contribution in [0, 0.1) is 5.92 Å². The molecule has 1 aromatic carbocycles. The van der Waals surface area contributed by atoms with Crippen molar-refractivity contribution in [2.75, 3.05) is 11.9 Å². The van der Waals surface area contributed by atoms with Crippen molar-refractivity contribution >= 4 is 17.3 Å². The second-order valence-electron chi connectivity index (χ2n) is 5.20. The van der Waals surface area contributed by atoms with E-state index >= 15 is 0 Å². The highest BCUT2D eigenvalue weighted by Crippen LogP contribution is 2.32. The summed E-state index contributed by atoms with van der Waals surface area (Å²) in [4.78, 5) is 2.45. The molecule has 2 unspecified atom stereocenters. The van der Waals surface area contributed by atoms with Crippen LogP contribution in [0.1, 0.15) is 38.2 Å². The molecular formula is C15H22ClN. The first kappa shape index (κ1) is 12.8. The van der Waals surface area contributed by atoms with Gasteiger partial charge >= 0.3 is 0 Å². The summed E-state index contributed by atoms with van der Waals surface area (Å²) < 4.78 is 0. The molecule has 0 heterocycles. The summed E-state index contributed by atoms with van der Waals surface area (Å²) >= 11 is 6.02. The first-order valence-electron chi connectivity index (χ1n) is 6.60. The highest BCUT2D eigenvalue weighted by atomic mass is 35.5. The van der Waals surface area contributed by atoms with Crippen molar-refractivity contribution in [2.24, 2.45) is 5.92 Å². The van der Waals surface area contributed by atoms with Crippen molar-refractivity contribution in [1.82, 2.24) is 0 Å². The normalized spacial score (nSPS) is 24.6. The van der Waals surface area contributed by atoms with Gasteiger partial charge in [-0.05, 0) is 30.4 Å². The van der Waals surface area contributed by atoms with Crippen LogP contribution in [0.15, 0.2) is 24.3 Å². The highest BCUT2D eigenvalue weighted by Gasteiger charge is 2.25. The molecule has 0 saturated heterocycles. The van der Waals surface area contributed by atoms with Crippen LogP contribution in [0.3, 0.4) is 0 Å². The lowest BCUT2D eigenvalue weighted by atomic mass is 9.85. The summed E-state index contributed by atoms with van der Waals surface area (Å²) in [5.74, 6) is 1.39. The van der Waals surface area contributed by atoms with Crippen LogP contribution < -0.4 is 4.90 Å². The second kappa shape index (κ2) is 5.77. The topological polar surface area (TPSA) is 3.24 Å². The molecule has 0 aromatic heterocycles. The fraction of sp³-hybridized carbons (Fsp3) is 0.600. The van der Waals surface area contributed by atoms with Crippen LogP contribution >= 0.6 is 11.6 Å². The molecule has 17 heavy (non-hydrogen) atoms. The number of rotatable bonds is 3. The van der Waals surface area contributed by atoms with E-state index in [2.05, 4.69) is 43.1 Å². The summed E-state index contributed by atoms with van der Waals surface area (Å²) in [5.41, 5.74) is 2.55. The van der Waals surface area contributed by atoms with Gasteiger partial charge in [-0.15, -0.1) is 11.6 Å². The van der Waals surface area contributed by atoms with Gasteiger partial charge in [-0.1, -0.05) is 38.0 Å². The van der Waals surface area contributed by atoms with Crippen molar-refractivity contribution in [2.45, 2.75) is 44.5 Å². The van der Waals surface area contributed by atoms with Crippen molar-refractivity contribution in [3.05, 3.63) is 29.8 Å². The van der Waals surface area contributed by atoms with E-state index in [1.54, 1.807) is 0 Å². The number of para-hydroxylation sites is 1. The Balaban J connectivity index is 2.20. The van der Waals surface area contributed by atoms with Crippen molar-refractivity contribution in [3.8, 4) is 0 Å². The molecule has 2 rings (SSSR count). The van der Waals surface area contributed by atoms with Gasteiger partial charge in [0.1, 0.15) is 0 Å². The maximum atomic E-state index is 6.02. The molecule has 0 bridgehead atoms. The Bertz CT molecular complexity index is 364. The summed E-state index contributed by atoms with van der Waals surface area (Å²) in [6.45, 7) is 2.38. The molecule has 0 spiro atoms. The molecular weight excluding hydrogens is 230 g/mol. The number of hydrogen-bond acceptors (Lipinski definition) is 1. The molecule has 0 amide bonds. The van der Waals surface area contributed by atoms with Gasteiger partial charge in [0.15, 0.2) is 0 Å². The first-order chi connectivity index (χ1) is 8.24. The monoisotopic (exact) mass is 251 g/mol. The van der Waals surface area contributed by atoms with Gasteiger partial charge in [0.05, 0.1) is 0 Å². The van der Waals surface area contributed by atoms with Crippen LogP contribution in [0.25, 0.3) is 0 Å². The third-order valence-corrected chi connectivity index (χ3v) is 4.37. The van der Waals surface area contributed by atoms with E-state index in [1.165, 1.54) is 36.9 Å². The molecule has 2 atom stereocenters. The summed E-state index contributed by atoms with van der Waals surface area (Å²) in [7, 11) is 2.22. The summed E-state index contributed by atoms with van der Waals surface area (Å²) in [6.07, 6.45) is 5.43. The maximum Gasteiger partial charge on any atom is 0.0494 e. The molecule has 1 aliphatic rings. The Morgan fingerprint density at radius 3 is 2.65 bits per heavy atom. The Morgan fingerprint density at radius 2 is 1.94 bits per heavy atom. The third kappa shape index (κ3) is 2.77. The van der Waals surface area contributed by atoms with Gasteiger partial charge in [-0.2, -0.15) is 0 Å². The average molecular weight is 252 g/mol. The SMILES string of the molecule is CC1CCCCC1N(C)c1ccccc1CCl. The van der Waals surface area contributed by atoms with E-state index in [-0.39, 0.29) is 0 Å². The highest BCUT2D eigenvalue weighted by molar-refractivity contribution is 6.17. The third-order valence-electron chi connectivity index (χ3n) is 4.08. The number of anilines is 1. The predicted molar refractivity (Wildman–Crippen MR) is 75.8 cm³/mol. The van der Waals surface area contributed by atoms with E-state index in [9.17, 15) is 0 Å². The smallest absolute Gasteiger partial charge is 0.0494 e. The molecule has 1 aromatic rings. The molecule has 1 saturated carbocycles. The Kier molecular flexibility index (Phi) is 4.33. The lowest BCUT2D eigenvalue weighted by molar-refractivity contribution is 0.321. The number of benzene rings is 1. The lowest BCUT2D eigenvalue weighted by Crippen LogP contribution is -2.39. The minimum absolute atomic E-state index is 0.599. The second-order valence-corrected chi connectivity index (χ2v) is 5.47. The Morgan fingerprint density at radius 1 is 1.24 bits per heavy atom. The van der Waals surface area contributed by atoms with Crippen molar-refractivity contribution in [3.63, 3.8) is 0 Å². The Hall–Kier alpha value is -0.690. The van der Waals surface area contributed by atoms with Gasteiger partial charge < -0.3 is 4.90 Å². The fourth-order valence-corrected chi connectivity index (χ4v) is 3.24. The molecule has 2 heteroatoms. The quantitative estimate of drug-likeness (QED) is 0.718. The van der Waals surface area contributed by atoms with Gasteiger partial charge in [-0.3, -0.25) is 0 Å². The van der Waals surface area contributed by atoms with Crippen LogP contribution in [0.4, 0.5) is 5.69 Å². The number of halogens is 1. The molecule has 1 fully saturated rings. The first-order valence-corrected chi connectivity index (χ1v) is 7.14. The number of alkyl halides is 1. The van der Waals surface area contributed by atoms with Crippen LogP contribution in [0.2, 0.25) is 0 Å². The summed E-state index contributed by atoms with van der Waals surface area (Å²) in [6, 6.07) is 9.17. The van der Waals surface area contributed by atoms with Crippen molar-refractivity contribution in [1.29, 1.82) is 0 Å². The van der Waals surface area contributed by atoms with Crippen LogP contribution in [-0.4, -0.2) is 13.1 Å². The summed E-state index contributed by atoms with van der Waals surface area (Å²) in [5, 5.41) is 0. The fourth-order valence-electron chi connectivity index (χ4n) is 3.02. The van der Waals surface area contributed by atoms with E-state index in [4.69, 9.17) is 11.6 Å². The van der Waals surface area contributed by atoms with Gasteiger partial charge in [0, 0.05) is 24.7 Å². The zero-order chi connectivity index (χ0) is 12.3. The minimum Gasteiger partial charge on any atom is -0.371 e. The average Bonchev–Trinajstić information content (AvgIpc) is 2.38. The van der Waals surface area contributed by atoms with E-state index in [0.29, 0.717) is 11.9 Å². The molecule has 0 radical (unpaired) electrons. The Labute approximate surface area is 110 Å². The largest absolute Gasteiger partial charge is 0.371 e. The predicted octanol–water partition coefficient (Wildman–Crippen LogP) is 4.44. The van der Waals surface area contributed by atoms with Gasteiger partial charge in [0.25, 0.3) is 0 Å². The molecule has 94 valence electrons. The zero-order valence-electron chi connectivity index (χ0n) is 10.8. The van der Waals surface area contributed by atoms with E-state index in [0.717, 1.165) is 5.92 Å². The maximum absolute atomic E-state index is 6.02. The van der Waals surface area contributed by atoms with Gasteiger partial charge in [-0.25, -0.2) is 0 Å². The van der Waals surface area contributed by atoms with Crippen molar-refractivity contribution < 1.29 is 0 Å². The van der Waals surface area contributed by atoms with E-state index < -0.39 is 0 Å². The minimum atomic E-state index is 0.599. The standard InChI is InChI=1S/C15H22ClN/c1-12-7-3-5-9-14(12)17(2)15-10-6-4-8-13(15)11-16/h4,6,8,10,12,14H,3,5,7,9,11H2,1-2H3. The van der Waals surface area contributed by atoms with E-state index in [1.807, 2.05) is 0 Å². The molecule has 1 aliphatic carbocycles. The molecule has 1 nitrogen and oxygen atoms in total. The number of nitrogens with zero attached hydrogens (tertiary/aromatic N) is 1. The number of hydrogen-bond donors (Lipinski definition) is 0. The lowest BCUT2D eigenvalue weighted by Gasteiger charge is -2.38. The zero-order valence-corrected chi connectivity index (χ0v) is 11.6.